The molecule has 0 aliphatic heterocycles. The molecule has 5 heteroatoms. The average Bonchev–Trinajstić information content (AvgIpc) is 2.45. The summed E-state index contributed by atoms with van der Waals surface area (Å²) in [5, 5.41) is 3.66. The number of benzene rings is 1. The molecule has 74 valence electrons. The fourth-order valence-corrected chi connectivity index (χ4v) is 1.66. The molecular weight excluding hydrogens is 202 g/mol. The van der Waals surface area contributed by atoms with Gasteiger partial charge in [-0.2, -0.15) is 0 Å². The molecular formula is C9H10ClN3O. The number of aromatic nitrogens is 2. The van der Waals surface area contributed by atoms with Crippen LogP contribution in [0.15, 0.2) is 16.9 Å². The molecule has 0 spiro atoms. The Morgan fingerprint density at radius 1 is 1.36 bits per heavy atom. The first-order valence-electron chi connectivity index (χ1n) is 4.25. The van der Waals surface area contributed by atoms with Gasteiger partial charge >= 0.3 is 5.69 Å². The first-order valence-corrected chi connectivity index (χ1v) is 4.63. The number of aromatic amines is 2. The summed E-state index contributed by atoms with van der Waals surface area (Å²) in [7, 11) is 1.85. The van der Waals surface area contributed by atoms with Crippen molar-refractivity contribution in [3.05, 3.63) is 33.2 Å². The Morgan fingerprint density at radius 2 is 2.00 bits per heavy atom. The maximum atomic E-state index is 11.0. The van der Waals surface area contributed by atoms with E-state index in [-0.39, 0.29) is 5.69 Å². The molecule has 0 radical (unpaired) electrons. The summed E-state index contributed by atoms with van der Waals surface area (Å²) in [6.45, 7) is 0.683. The summed E-state index contributed by atoms with van der Waals surface area (Å²) >= 11 is 6.02. The minimum Gasteiger partial charge on any atom is -0.316 e. The second-order valence-electron chi connectivity index (χ2n) is 3.10. The fourth-order valence-electron chi connectivity index (χ4n) is 1.43. The van der Waals surface area contributed by atoms with Gasteiger partial charge in [0.15, 0.2) is 0 Å². The highest BCUT2D eigenvalue weighted by Crippen LogP contribution is 2.20. The van der Waals surface area contributed by atoms with E-state index in [9.17, 15) is 4.79 Å². The van der Waals surface area contributed by atoms with Crippen LogP contribution in [-0.4, -0.2) is 17.0 Å². The SMILES string of the molecule is CNCc1cc2[nH]c(=O)[nH]c2cc1Cl. The van der Waals surface area contributed by atoms with E-state index in [1.807, 2.05) is 13.1 Å². The lowest BCUT2D eigenvalue weighted by Crippen LogP contribution is -2.05. The van der Waals surface area contributed by atoms with Crippen LogP contribution in [0.2, 0.25) is 5.02 Å². The van der Waals surface area contributed by atoms with Crippen LogP contribution in [0.25, 0.3) is 11.0 Å². The molecule has 2 rings (SSSR count). The molecule has 0 saturated carbocycles. The van der Waals surface area contributed by atoms with E-state index < -0.39 is 0 Å². The zero-order valence-corrected chi connectivity index (χ0v) is 8.40. The van der Waals surface area contributed by atoms with E-state index in [0.29, 0.717) is 11.6 Å². The summed E-state index contributed by atoms with van der Waals surface area (Å²) < 4.78 is 0. The van der Waals surface area contributed by atoms with Crippen LogP contribution >= 0.6 is 11.6 Å². The lowest BCUT2D eigenvalue weighted by Gasteiger charge is -2.02. The van der Waals surface area contributed by atoms with Gasteiger partial charge in [-0.25, -0.2) is 4.79 Å². The summed E-state index contributed by atoms with van der Waals surface area (Å²) in [5.74, 6) is 0. The summed E-state index contributed by atoms with van der Waals surface area (Å²) in [6.07, 6.45) is 0. The van der Waals surface area contributed by atoms with Gasteiger partial charge in [-0.05, 0) is 24.7 Å². The molecule has 0 aliphatic rings. The van der Waals surface area contributed by atoms with Crippen molar-refractivity contribution in [1.82, 2.24) is 15.3 Å². The van der Waals surface area contributed by atoms with Crippen molar-refractivity contribution in [3.8, 4) is 0 Å². The van der Waals surface area contributed by atoms with E-state index in [0.717, 1.165) is 16.6 Å². The number of rotatable bonds is 2. The van der Waals surface area contributed by atoms with Gasteiger partial charge in [-0.1, -0.05) is 11.6 Å². The van der Waals surface area contributed by atoms with Crippen molar-refractivity contribution in [1.29, 1.82) is 0 Å². The number of hydrogen-bond acceptors (Lipinski definition) is 2. The van der Waals surface area contributed by atoms with Gasteiger partial charge in [0.2, 0.25) is 0 Å². The van der Waals surface area contributed by atoms with Crippen LogP contribution in [0.4, 0.5) is 0 Å². The lowest BCUT2D eigenvalue weighted by molar-refractivity contribution is 0.819. The molecule has 0 aliphatic carbocycles. The first kappa shape index (κ1) is 9.30. The predicted molar refractivity (Wildman–Crippen MR) is 56.7 cm³/mol. The normalized spacial score (nSPS) is 11.0. The second kappa shape index (κ2) is 3.48. The minimum absolute atomic E-state index is 0.210. The highest BCUT2D eigenvalue weighted by molar-refractivity contribution is 6.32. The third kappa shape index (κ3) is 1.54. The second-order valence-corrected chi connectivity index (χ2v) is 3.51. The molecule has 2 aromatic rings. The van der Waals surface area contributed by atoms with Gasteiger partial charge in [-0.3, -0.25) is 0 Å². The minimum atomic E-state index is -0.210. The molecule has 0 unspecified atom stereocenters. The fraction of sp³-hybridized carbons (Fsp3) is 0.222. The molecule has 0 bridgehead atoms. The van der Waals surface area contributed by atoms with E-state index in [1.165, 1.54) is 0 Å². The van der Waals surface area contributed by atoms with Gasteiger partial charge in [0, 0.05) is 11.6 Å². The smallest absolute Gasteiger partial charge is 0.316 e. The number of H-pyrrole nitrogens is 2. The van der Waals surface area contributed by atoms with E-state index in [1.54, 1.807) is 6.07 Å². The van der Waals surface area contributed by atoms with Crippen LogP contribution in [0.5, 0.6) is 0 Å². The van der Waals surface area contributed by atoms with E-state index in [4.69, 9.17) is 11.6 Å². The number of imidazole rings is 1. The molecule has 4 nitrogen and oxygen atoms in total. The number of hydrogen-bond donors (Lipinski definition) is 3. The Morgan fingerprint density at radius 3 is 2.64 bits per heavy atom. The molecule has 0 fully saturated rings. The lowest BCUT2D eigenvalue weighted by atomic mass is 10.2. The number of nitrogens with one attached hydrogen (secondary N) is 3. The Labute approximate surface area is 85.3 Å². The van der Waals surface area contributed by atoms with Crippen LogP contribution in [-0.2, 0) is 6.54 Å². The van der Waals surface area contributed by atoms with Gasteiger partial charge in [-0.15, -0.1) is 0 Å². The molecule has 0 amide bonds. The van der Waals surface area contributed by atoms with Crippen LogP contribution in [0, 0.1) is 0 Å². The Hall–Kier alpha value is -1.26. The van der Waals surface area contributed by atoms with Crippen molar-refractivity contribution >= 4 is 22.6 Å². The zero-order valence-electron chi connectivity index (χ0n) is 7.65. The average molecular weight is 212 g/mol. The monoisotopic (exact) mass is 211 g/mol. The van der Waals surface area contributed by atoms with Crippen LogP contribution in [0.3, 0.4) is 0 Å². The summed E-state index contributed by atoms with van der Waals surface area (Å²) in [4.78, 5) is 16.3. The van der Waals surface area contributed by atoms with Crippen LogP contribution in [0.1, 0.15) is 5.56 Å². The molecule has 3 N–H and O–H groups in total. The van der Waals surface area contributed by atoms with Crippen molar-refractivity contribution < 1.29 is 0 Å². The highest BCUT2D eigenvalue weighted by atomic mass is 35.5. The molecule has 0 atom stereocenters. The Kier molecular flexibility index (Phi) is 2.31. The largest absolute Gasteiger partial charge is 0.323 e. The molecule has 0 saturated heterocycles. The van der Waals surface area contributed by atoms with Gasteiger partial charge in [0.1, 0.15) is 0 Å². The summed E-state index contributed by atoms with van der Waals surface area (Å²) in [5.41, 5.74) is 2.28. The van der Waals surface area contributed by atoms with E-state index >= 15 is 0 Å². The standard InChI is InChI=1S/C9H10ClN3O/c1-11-4-5-2-7-8(3-6(5)10)13-9(14)12-7/h2-3,11H,4H2,1H3,(H2,12,13,14). The third-order valence-corrected chi connectivity index (χ3v) is 2.40. The van der Waals surface area contributed by atoms with Crippen LogP contribution < -0.4 is 11.0 Å². The molecule has 1 aromatic heterocycles. The summed E-state index contributed by atoms with van der Waals surface area (Å²) in [6, 6.07) is 3.62. The van der Waals surface area contributed by atoms with Crippen molar-refractivity contribution in [2.45, 2.75) is 6.54 Å². The van der Waals surface area contributed by atoms with Crippen molar-refractivity contribution in [2.24, 2.45) is 0 Å². The topological polar surface area (TPSA) is 60.7 Å². The first-order chi connectivity index (χ1) is 6.70. The van der Waals surface area contributed by atoms with Gasteiger partial charge in [0.25, 0.3) is 0 Å². The molecule has 1 heterocycles. The van der Waals surface area contributed by atoms with Gasteiger partial charge in [0.05, 0.1) is 11.0 Å². The predicted octanol–water partition coefficient (Wildman–Crippen LogP) is 1.23. The van der Waals surface area contributed by atoms with Crippen molar-refractivity contribution in [3.63, 3.8) is 0 Å². The van der Waals surface area contributed by atoms with E-state index in [2.05, 4.69) is 15.3 Å². The quantitative estimate of drug-likeness (QED) is 0.700. The highest BCUT2D eigenvalue weighted by Gasteiger charge is 2.04. The molecule has 14 heavy (non-hydrogen) atoms. The van der Waals surface area contributed by atoms with Gasteiger partial charge < -0.3 is 15.3 Å². The number of halogens is 1. The molecule has 1 aromatic carbocycles. The zero-order chi connectivity index (χ0) is 10.1. The Balaban J connectivity index is 2.63. The third-order valence-electron chi connectivity index (χ3n) is 2.05. The maximum absolute atomic E-state index is 11.0. The van der Waals surface area contributed by atoms with Crippen molar-refractivity contribution in [2.75, 3.05) is 7.05 Å². The Bertz CT molecular complexity index is 514. The maximum Gasteiger partial charge on any atom is 0.323 e. The number of fused-ring (bicyclic) bond motifs is 1.